The molecule has 6 nitrogen and oxygen atoms in total. The molecule has 0 radical (unpaired) electrons. The van der Waals surface area contributed by atoms with E-state index in [4.69, 9.17) is 17.3 Å². The van der Waals surface area contributed by atoms with Crippen LogP contribution in [-0.4, -0.2) is 44.7 Å². The van der Waals surface area contributed by atoms with Gasteiger partial charge in [-0.05, 0) is 18.1 Å². The average molecular weight is 378 g/mol. The predicted octanol–water partition coefficient (Wildman–Crippen LogP) is 2.26. The minimum absolute atomic E-state index is 0.00512. The molecule has 1 fully saturated rings. The normalized spacial score (nSPS) is 17.0. The second kappa shape index (κ2) is 8.77. The number of benzene rings is 1. The largest absolute Gasteiger partial charge is 0.480 e. The molecule has 132 valence electrons. The van der Waals surface area contributed by atoms with Gasteiger partial charge >= 0.3 is 5.97 Å². The number of aliphatic carboxylic acids is 1. The van der Waals surface area contributed by atoms with Crippen LogP contribution in [0.2, 0.25) is 0 Å². The number of thioether (sulfide) groups is 1. The minimum atomic E-state index is -1.08. The van der Waals surface area contributed by atoms with Crippen LogP contribution < -0.4 is 5.32 Å². The van der Waals surface area contributed by atoms with Crippen molar-refractivity contribution in [2.45, 2.75) is 25.8 Å². The van der Waals surface area contributed by atoms with Gasteiger partial charge in [0.1, 0.15) is 10.4 Å². The summed E-state index contributed by atoms with van der Waals surface area (Å²) in [7, 11) is 0. The fourth-order valence-electron chi connectivity index (χ4n) is 2.21. The summed E-state index contributed by atoms with van der Waals surface area (Å²) >= 11 is 6.41. The van der Waals surface area contributed by atoms with Crippen LogP contribution in [0.1, 0.15) is 25.3 Å². The summed E-state index contributed by atoms with van der Waals surface area (Å²) in [4.78, 5) is 37.1. The van der Waals surface area contributed by atoms with E-state index in [0.717, 1.165) is 5.56 Å². The van der Waals surface area contributed by atoms with Gasteiger partial charge in [0.25, 0.3) is 5.91 Å². The van der Waals surface area contributed by atoms with E-state index < -0.39 is 17.9 Å². The molecule has 0 saturated carbocycles. The summed E-state index contributed by atoms with van der Waals surface area (Å²) in [6, 6.07) is 8.50. The first-order chi connectivity index (χ1) is 11.9. The highest BCUT2D eigenvalue weighted by molar-refractivity contribution is 8.26. The van der Waals surface area contributed by atoms with Crippen LogP contribution in [-0.2, 0) is 14.4 Å². The van der Waals surface area contributed by atoms with Crippen molar-refractivity contribution in [2.75, 3.05) is 6.54 Å². The summed E-state index contributed by atoms with van der Waals surface area (Å²) in [5.41, 5.74) is 0.896. The number of nitrogens with one attached hydrogen (secondary N) is 1. The summed E-state index contributed by atoms with van der Waals surface area (Å²) in [6.07, 6.45) is 2.05. The smallest absolute Gasteiger partial charge is 0.326 e. The highest BCUT2D eigenvalue weighted by atomic mass is 32.2. The molecule has 0 aromatic heterocycles. The van der Waals surface area contributed by atoms with Gasteiger partial charge in [-0.2, -0.15) is 0 Å². The van der Waals surface area contributed by atoms with E-state index in [2.05, 4.69) is 5.32 Å². The zero-order valence-corrected chi connectivity index (χ0v) is 15.2. The number of carboxylic acid groups (broad SMARTS) is 1. The molecular formula is C17H18N2O4S2. The molecule has 8 heteroatoms. The van der Waals surface area contributed by atoms with Crippen molar-refractivity contribution < 1.29 is 19.5 Å². The average Bonchev–Trinajstić information content (AvgIpc) is 2.85. The van der Waals surface area contributed by atoms with Crippen LogP contribution in [0.15, 0.2) is 35.2 Å². The third-order valence-electron chi connectivity index (χ3n) is 3.57. The van der Waals surface area contributed by atoms with Crippen LogP contribution in [0, 0.1) is 0 Å². The van der Waals surface area contributed by atoms with Crippen LogP contribution in [0.4, 0.5) is 0 Å². The van der Waals surface area contributed by atoms with Gasteiger partial charge in [-0.1, -0.05) is 61.2 Å². The Morgan fingerprint density at radius 2 is 2.04 bits per heavy atom. The van der Waals surface area contributed by atoms with E-state index in [0.29, 0.717) is 15.6 Å². The second-order valence-electron chi connectivity index (χ2n) is 5.36. The molecule has 25 heavy (non-hydrogen) atoms. The van der Waals surface area contributed by atoms with E-state index in [1.54, 1.807) is 13.0 Å². The lowest BCUT2D eigenvalue weighted by atomic mass is 10.2. The van der Waals surface area contributed by atoms with Crippen molar-refractivity contribution in [3.63, 3.8) is 0 Å². The SMILES string of the molecule is CC[C@H](NC(=O)CCN1C(=O)/C(=C\c2ccccc2)SC1=S)C(=O)O. The Bertz CT molecular complexity index is 719. The number of amides is 2. The minimum Gasteiger partial charge on any atom is -0.480 e. The maximum absolute atomic E-state index is 12.4. The molecule has 2 amide bonds. The number of carboxylic acids is 1. The summed E-state index contributed by atoms with van der Waals surface area (Å²) in [5, 5.41) is 11.4. The van der Waals surface area contributed by atoms with Gasteiger partial charge in [-0.15, -0.1) is 0 Å². The predicted molar refractivity (Wildman–Crippen MR) is 101 cm³/mol. The molecule has 0 aliphatic carbocycles. The first kappa shape index (κ1) is 19.1. The Hall–Kier alpha value is -2.19. The highest BCUT2D eigenvalue weighted by Gasteiger charge is 2.32. The van der Waals surface area contributed by atoms with E-state index in [1.807, 2.05) is 30.3 Å². The topological polar surface area (TPSA) is 86.7 Å². The van der Waals surface area contributed by atoms with Crippen molar-refractivity contribution in [3.05, 3.63) is 40.8 Å². The Balaban J connectivity index is 1.96. The van der Waals surface area contributed by atoms with E-state index >= 15 is 0 Å². The van der Waals surface area contributed by atoms with Crippen LogP contribution >= 0.6 is 24.0 Å². The zero-order valence-electron chi connectivity index (χ0n) is 13.6. The summed E-state index contributed by atoms with van der Waals surface area (Å²) in [5.74, 6) is -1.74. The van der Waals surface area contributed by atoms with E-state index in [1.165, 1.54) is 16.7 Å². The standard InChI is InChI=1S/C17H18N2O4S2/c1-2-12(16(22)23)18-14(20)8-9-19-15(21)13(25-17(19)24)10-11-6-4-3-5-7-11/h3-7,10,12H,2,8-9H2,1H3,(H,18,20)(H,22,23)/b13-10+/t12-/m0/s1. The molecule has 1 saturated heterocycles. The third-order valence-corrected chi connectivity index (χ3v) is 4.95. The number of carbonyl (C=O) groups is 3. The maximum atomic E-state index is 12.4. The fourth-order valence-corrected chi connectivity index (χ4v) is 3.52. The molecule has 1 aromatic carbocycles. The van der Waals surface area contributed by atoms with Gasteiger partial charge in [0.15, 0.2) is 0 Å². The molecule has 0 spiro atoms. The Morgan fingerprint density at radius 1 is 1.36 bits per heavy atom. The van der Waals surface area contributed by atoms with Crippen molar-refractivity contribution in [3.8, 4) is 0 Å². The molecule has 1 aliphatic heterocycles. The quantitative estimate of drug-likeness (QED) is 0.559. The van der Waals surface area contributed by atoms with E-state index in [-0.39, 0.29) is 18.9 Å². The lowest BCUT2D eigenvalue weighted by Crippen LogP contribution is -2.42. The molecule has 0 unspecified atom stereocenters. The molecule has 2 rings (SSSR count). The van der Waals surface area contributed by atoms with Gasteiger partial charge in [0.2, 0.25) is 5.91 Å². The lowest BCUT2D eigenvalue weighted by Gasteiger charge is -2.16. The fraction of sp³-hybridized carbons (Fsp3) is 0.294. The Kier molecular flexibility index (Phi) is 6.72. The number of nitrogens with zero attached hydrogens (tertiary/aromatic N) is 1. The Morgan fingerprint density at radius 3 is 2.64 bits per heavy atom. The van der Waals surface area contributed by atoms with Gasteiger partial charge in [-0.25, -0.2) is 4.79 Å². The van der Waals surface area contributed by atoms with Gasteiger partial charge in [-0.3, -0.25) is 14.5 Å². The lowest BCUT2D eigenvalue weighted by molar-refractivity contribution is -0.142. The first-order valence-electron chi connectivity index (χ1n) is 7.75. The van der Waals surface area contributed by atoms with Crippen molar-refractivity contribution in [1.29, 1.82) is 0 Å². The molecule has 1 heterocycles. The molecule has 0 bridgehead atoms. The highest BCUT2D eigenvalue weighted by Crippen LogP contribution is 2.32. The molecule has 1 aromatic rings. The molecule has 2 N–H and O–H groups in total. The number of rotatable bonds is 7. The number of hydrogen-bond acceptors (Lipinski definition) is 5. The number of carbonyl (C=O) groups excluding carboxylic acids is 2. The second-order valence-corrected chi connectivity index (χ2v) is 7.04. The maximum Gasteiger partial charge on any atom is 0.326 e. The van der Waals surface area contributed by atoms with Gasteiger partial charge in [0, 0.05) is 13.0 Å². The number of hydrogen-bond donors (Lipinski definition) is 2. The van der Waals surface area contributed by atoms with Crippen molar-refractivity contribution in [2.24, 2.45) is 0 Å². The molecule has 1 atom stereocenters. The van der Waals surface area contributed by atoms with Crippen LogP contribution in [0.25, 0.3) is 6.08 Å². The molecular weight excluding hydrogens is 360 g/mol. The Labute approximate surface area is 155 Å². The first-order valence-corrected chi connectivity index (χ1v) is 8.97. The molecule has 1 aliphatic rings. The summed E-state index contributed by atoms with van der Waals surface area (Å²) in [6.45, 7) is 1.80. The third kappa shape index (κ3) is 5.14. The van der Waals surface area contributed by atoms with Crippen molar-refractivity contribution >= 4 is 52.2 Å². The van der Waals surface area contributed by atoms with E-state index in [9.17, 15) is 14.4 Å². The monoisotopic (exact) mass is 378 g/mol. The van der Waals surface area contributed by atoms with Crippen molar-refractivity contribution in [1.82, 2.24) is 10.2 Å². The van der Waals surface area contributed by atoms with Crippen LogP contribution in [0.3, 0.4) is 0 Å². The zero-order chi connectivity index (χ0) is 18.4. The summed E-state index contributed by atoms with van der Waals surface area (Å²) < 4.78 is 0.394. The van der Waals surface area contributed by atoms with Gasteiger partial charge in [0.05, 0.1) is 4.91 Å². The number of thiocarbonyl (C=S) groups is 1. The van der Waals surface area contributed by atoms with Crippen LogP contribution in [0.5, 0.6) is 0 Å². The van der Waals surface area contributed by atoms with Gasteiger partial charge < -0.3 is 10.4 Å².